The van der Waals surface area contributed by atoms with Crippen LogP contribution in [0.3, 0.4) is 0 Å². The van der Waals surface area contributed by atoms with Gasteiger partial charge in [0.05, 0.1) is 31.6 Å². The normalized spacial score (nSPS) is 17.2. The zero-order valence-electron chi connectivity index (χ0n) is 21.1. The van der Waals surface area contributed by atoms with Gasteiger partial charge in [-0.05, 0) is 80.4 Å². The molecular weight excluding hydrogens is 460 g/mol. The first kappa shape index (κ1) is 24.2. The molecule has 0 saturated carbocycles. The number of ether oxygens (including phenoxy) is 2. The van der Waals surface area contributed by atoms with Crippen molar-refractivity contribution in [2.75, 3.05) is 20.3 Å². The van der Waals surface area contributed by atoms with Crippen molar-refractivity contribution in [1.82, 2.24) is 30.1 Å². The van der Waals surface area contributed by atoms with Crippen molar-refractivity contribution in [3.63, 3.8) is 0 Å². The largest absolute Gasteiger partial charge is 0.497 e. The van der Waals surface area contributed by atoms with Crippen LogP contribution in [0.1, 0.15) is 56.8 Å². The van der Waals surface area contributed by atoms with Crippen molar-refractivity contribution < 1.29 is 13.9 Å². The predicted octanol–water partition coefficient (Wildman–Crippen LogP) is 3.64. The number of hydrogen-bond donors (Lipinski definition) is 1. The molecule has 0 unspecified atom stereocenters. The maximum absolute atomic E-state index is 13.6. The van der Waals surface area contributed by atoms with Crippen LogP contribution in [0.5, 0.6) is 5.75 Å². The molecule has 0 spiro atoms. The number of fused-ring (bicyclic) bond motifs is 1. The van der Waals surface area contributed by atoms with Crippen molar-refractivity contribution in [2.24, 2.45) is 0 Å². The third-order valence-electron chi connectivity index (χ3n) is 6.51. The molecule has 10 heteroatoms. The quantitative estimate of drug-likeness (QED) is 0.397. The molecule has 1 N–H and O–H groups in total. The Morgan fingerprint density at radius 1 is 1.28 bits per heavy atom. The lowest BCUT2D eigenvalue weighted by Gasteiger charge is -2.33. The predicted molar refractivity (Wildman–Crippen MR) is 134 cm³/mol. The number of benzene rings is 1. The molecule has 1 fully saturated rings. The summed E-state index contributed by atoms with van der Waals surface area (Å²) in [6.07, 6.45) is 3.67. The first-order chi connectivity index (χ1) is 17.3. The molecule has 1 aliphatic rings. The average Bonchev–Trinajstić information content (AvgIpc) is 3.62. The summed E-state index contributed by atoms with van der Waals surface area (Å²) in [5, 5.41) is 13.6. The second-order valence-electron chi connectivity index (χ2n) is 10.2. The average molecular weight is 493 g/mol. The number of H-pyrrole nitrogens is 1. The van der Waals surface area contributed by atoms with Crippen molar-refractivity contribution in [3.8, 4) is 5.75 Å². The van der Waals surface area contributed by atoms with E-state index in [0.29, 0.717) is 30.2 Å². The Labute approximate surface area is 209 Å². The van der Waals surface area contributed by atoms with Crippen molar-refractivity contribution >= 4 is 10.9 Å². The lowest BCUT2D eigenvalue weighted by molar-refractivity contribution is 0.0536. The molecule has 0 aliphatic carbocycles. The van der Waals surface area contributed by atoms with E-state index in [2.05, 4.69) is 25.4 Å². The van der Waals surface area contributed by atoms with Crippen molar-refractivity contribution in [3.05, 3.63) is 70.2 Å². The molecule has 10 nitrogen and oxygen atoms in total. The topological polar surface area (TPSA) is 111 Å². The minimum absolute atomic E-state index is 0.0426. The zero-order chi connectivity index (χ0) is 25.3. The second kappa shape index (κ2) is 9.87. The molecule has 4 heterocycles. The Bertz CT molecular complexity index is 1370. The number of hydrogen-bond acceptors (Lipinski definition) is 8. The molecule has 0 amide bonds. The molecule has 2 atom stereocenters. The minimum Gasteiger partial charge on any atom is -0.497 e. The van der Waals surface area contributed by atoms with Crippen LogP contribution in [-0.4, -0.2) is 56.5 Å². The summed E-state index contributed by atoms with van der Waals surface area (Å²) in [5.41, 5.74) is 0.679. The maximum Gasteiger partial charge on any atom is 0.253 e. The van der Waals surface area contributed by atoms with Crippen molar-refractivity contribution in [2.45, 2.75) is 57.8 Å². The van der Waals surface area contributed by atoms with Gasteiger partial charge < -0.3 is 18.9 Å². The summed E-state index contributed by atoms with van der Waals surface area (Å²) in [6, 6.07) is 10.7. The molecule has 4 aromatic rings. The van der Waals surface area contributed by atoms with Crippen LogP contribution in [-0.2, 0) is 16.8 Å². The Morgan fingerprint density at radius 3 is 2.83 bits per heavy atom. The van der Waals surface area contributed by atoms with Gasteiger partial charge in [0.1, 0.15) is 17.6 Å². The molecule has 1 aliphatic heterocycles. The second-order valence-corrected chi connectivity index (χ2v) is 10.2. The number of pyridine rings is 1. The number of aromatic amines is 1. The Balaban J connectivity index is 1.69. The molecule has 5 rings (SSSR count). The number of nitrogens with zero attached hydrogens (tertiary/aromatic N) is 5. The van der Waals surface area contributed by atoms with E-state index in [4.69, 9.17) is 13.9 Å². The number of rotatable bonds is 8. The number of methoxy groups -OCH3 is 1. The van der Waals surface area contributed by atoms with E-state index in [1.54, 1.807) is 18.1 Å². The molecule has 0 radical (unpaired) electrons. The minimum atomic E-state index is -0.548. The van der Waals surface area contributed by atoms with Gasteiger partial charge in [0.25, 0.3) is 5.56 Å². The van der Waals surface area contributed by atoms with Crippen LogP contribution in [0.25, 0.3) is 10.9 Å². The summed E-state index contributed by atoms with van der Waals surface area (Å²) < 4.78 is 18.9. The highest BCUT2D eigenvalue weighted by Crippen LogP contribution is 2.32. The van der Waals surface area contributed by atoms with Gasteiger partial charge in [-0.2, -0.15) is 0 Å². The summed E-state index contributed by atoms with van der Waals surface area (Å²) in [7, 11) is 1.63. The first-order valence-corrected chi connectivity index (χ1v) is 12.2. The lowest BCUT2D eigenvalue weighted by atomic mass is 10.0. The molecule has 1 saturated heterocycles. The fraction of sp³-hybridized carbons (Fsp3) is 0.462. The van der Waals surface area contributed by atoms with Gasteiger partial charge in [0, 0.05) is 29.6 Å². The number of aromatic nitrogens is 5. The van der Waals surface area contributed by atoms with Gasteiger partial charge in [-0.3, -0.25) is 9.69 Å². The van der Waals surface area contributed by atoms with Crippen LogP contribution >= 0.6 is 0 Å². The molecule has 36 heavy (non-hydrogen) atoms. The van der Waals surface area contributed by atoms with Crippen LogP contribution in [0, 0.1) is 0 Å². The summed E-state index contributed by atoms with van der Waals surface area (Å²) in [5.74, 6) is 2.08. The lowest BCUT2D eigenvalue weighted by Crippen LogP contribution is -2.40. The van der Waals surface area contributed by atoms with Crippen LogP contribution < -0.4 is 10.3 Å². The molecule has 190 valence electrons. The van der Waals surface area contributed by atoms with Gasteiger partial charge in [-0.25, -0.2) is 4.68 Å². The molecule has 1 aromatic carbocycles. The molecule has 0 bridgehead atoms. The fourth-order valence-corrected chi connectivity index (χ4v) is 4.79. The standard InChI is InChI=1S/C26H32N6O4/c1-26(2,3)32-24(28-29-30-32)23(21-14-17-13-18(34-4)9-10-22(17)27-25(21)33)31(15-19-7-5-11-35-19)16-20-8-6-12-36-20/h5,7,9-11,13-14,20,23H,6,8,12,15-16H2,1-4H3,(H,27,33)/t20-,23-/m1/s1. The first-order valence-electron chi connectivity index (χ1n) is 12.2. The van der Waals surface area contributed by atoms with Crippen LogP contribution in [0.4, 0.5) is 0 Å². The number of nitrogens with one attached hydrogen (secondary N) is 1. The van der Waals surface area contributed by atoms with Gasteiger partial charge in [0.2, 0.25) is 0 Å². The smallest absolute Gasteiger partial charge is 0.253 e. The fourth-order valence-electron chi connectivity index (χ4n) is 4.79. The van der Waals surface area contributed by atoms with Crippen LogP contribution in [0.2, 0.25) is 0 Å². The Hall–Kier alpha value is -3.50. The highest BCUT2D eigenvalue weighted by molar-refractivity contribution is 5.80. The van der Waals surface area contributed by atoms with E-state index in [9.17, 15) is 4.79 Å². The monoisotopic (exact) mass is 492 g/mol. The zero-order valence-corrected chi connectivity index (χ0v) is 21.1. The van der Waals surface area contributed by atoms with Crippen molar-refractivity contribution in [1.29, 1.82) is 0 Å². The number of furan rings is 1. The van der Waals surface area contributed by atoms with Gasteiger partial charge in [-0.1, -0.05) is 0 Å². The summed E-state index contributed by atoms with van der Waals surface area (Å²) in [4.78, 5) is 18.8. The van der Waals surface area contributed by atoms with E-state index in [-0.39, 0.29) is 11.7 Å². The van der Waals surface area contributed by atoms with E-state index < -0.39 is 11.6 Å². The molecule has 3 aromatic heterocycles. The van der Waals surface area contributed by atoms with E-state index >= 15 is 0 Å². The van der Waals surface area contributed by atoms with E-state index in [1.807, 2.05) is 57.2 Å². The third kappa shape index (κ3) is 4.91. The SMILES string of the molecule is COc1ccc2[nH]c(=O)c([C@H](c3nnnn3C(C)(C)C)N(Cc3ccco3)C[C@H]3CCCO3)cc2c1. The number of tetrazole rings is 1. The summed E-state index contributed by atoms with van der Waals surface area (Å²) in [6.45, 7) is 7.91. The highest BCUT2D eigenvalue weighted by Gasteiger charge is 2.35. The molecular formula is C26H32N6O4. The highest BCUT2D eigenvalue weighted by atomic mass is 16.5. The Morgan fingerprint density at radius 2 is 2.14 bits per heavy atom. The van der Waals surface area contributed by atoms with Gasteiger partial charge in [0.15, 0.2) is 5.82 Å². The Kier molecular flexibility index (Phi) is 6.63. The van der Waals surface area contributed by atoms with E-state index in [0.717, 1.165) is 36.1 Å². The maximum atomic E-state index is 13.6. The summed E-state index contributed by atoms with van der Waals surface area (Å²) >= 11 is 0. The van der Waals surface area contributed by atoms with Gasteiger partial charge in [-0.15, -0.1) is 5.10 Å². The third-order valence-corrected chi connectivity index (χ3v) is 6.51. The van der Waals surface area contributed by atoms with Gasteiger partial charge >= 0.3 is 0 Å². The van der Waals surface area contributed by atoms with E-state index in [1.165, 1.54) is 0 Å². The van der Waals surface area contributed by atoms with Crippen LogP contribution in [0.15, 0.2) is 51.9 Å².